The highest BCUT2D eigenvalue weighted by molar-refractivity contribution is 7.89. The van der Waals surface area contributed by atoms with Crippen molar-refractivity contribution in [3.05, 3.63) is 58.6 Å². The number of benzene rings is 2. The molecule has 0 aliphatic carbocycles. The summed E-state index contributed by atoms with van der Waals surface area (Å²) in [7, 11) is -2.17. The summed E-state index contributed by atoms with van der Waals surface area (Å²) in [5.41, 5.74) is 0.887. The Morgan fingerprint density at radius 3 is 2.54 bits per heavy atom. The van der Waals surface area contributed by atoms with Crippen LogP contribution < -0.4 is 14.8 Å². The zero-order chi connectivity index (χ0) is 19.3. The van der Waals surface area contributed by atoms with Crippen LogP contribution in [0.2, 0.25) is 5.02 Å². The van der Waals surface area contributed by atoms with E-state index < -0.39 is 15.9 Å². The Hall–Kier alpha value is -2.09. The Labute approximate surface area is 158 Å². The van der Waals surface area contributed by atoms with Crippen LogP contribution in [-0.4, -0.2) is 27.5 Å². The number of hydrogen-bond acceptors (Lipinski definition) is 4. The highest BCUT2D eigenvalue weighted by Crippen LogP contribution is 2.22. The largest absolute Gasteiger partial charge is 0.496 e. The number of nitrogens with one attached hydrogen (secondary N) is 2. The summed E-state index contributed by atoms with van der Waals surface area (Å²) in [6, 6.07) is 11.0. The van der Waals surface area contributed by atoms with E-state index in [1.165, 1.54) is 18.2 Å². The zero-order valence-corrected chi connectivity index (χ0v) is 16.3. The van der Waals surface area contributed by atoms with Crippen LogP contribution >= 0.6 is 11.6 Å². The van der Waals surface area contributed by atoms with Crippen molar-refractivity contribution in [2.75, 3.05) is 7.11 Å². The van der Waals surface area contributed by atoms with Gasteiger partial charge in [0.2, 0.25) is 10.0 Å². The molecule has 0 radical (unpaired) electrons. The Morgan fingerprint density at radius 1 is 1.19 bits per heavy atom. The Bertz CT molecular complexity index is 898. The fourth-order valence-corrected chi connectivity index (χ4v) is 3.82. The van der Waals surface area contributed by atoms with Gasteiger partial charge in [-0.15, -0.1) is 0 Å². The maximum absolute atomic E-state index is 12.5. The normalized spacial score (nSPS) is 11.4. The lowest BCUT2D eigenvalue weighted by molar-refractivity contribution is 0.0950. The molecule has 0 aromatic heterocycles. The molecular formula is C18H21ClN2O4S. The van der Waals surface area contributed by atoms with E-state index >= 15 is 0 Å². The third-order valence-electron chi connectivity index (χ3n) is 3.52. The topological polar surface area (TPSA) is 84.5 Å². The maximum atomic E-state index is 12.5. The van der Waals surface area contributed by atoms with Crippen LogP contribution in [0.4, 0.5) is 0 Å². The summed E-state index contributed by atoms with van der Waals surface area (Å²) in [6.45, 7) is 3.66. The Balaban J connectivity index is 2.22. The second-order valence-corrected chi connectivity index (χ2v) is 8.03. The molecule has 140 valence electrons. The lowest BCUT2D eigenvalue weighted by Crippen LogP contribution is -2.30. The molecule has 2 N–H and O–H groups in total. The number of methoxy groups -OCH3 is 1. The monoisotopic (exact) mass is 396 g/mol. The first-order chi connectivity index (χ1) is 12.2. The molecule has 26 heavy (non-hydrogen) atoms. The summed E-state index contributed by atoms with van der Waals surface area (Å²) in [5.74, 6) is 0.180. The number of amides is 1. The third-order valence-corrected chi connectivity index (χ3v) is 5.50. The van der Waals surface area contributed by atoms with Crippen molar-refractivity contribution in [2.45, 2.75) is 31.3 Å². The van der Waals surface area contributed by atoms with Crippen molar-refractivity contribution in [1.29, 1.82) is 0 Å². The van der Waals surface area contributed by atoms with Crippen LogP contribution in [0.5, 0.6) is 5.75 Å². The molecule has 2 aromatic rings. The standard InChI is InChI=1S/C18H21ClN2O4S/c1-12(2)21-26(23,24)14-8-9-16(19)15(10-14)18(22)20-11-13-6-4-5-7-17(13)25-3/h4-10,12,21H,11H2,1-3H3,(H,20,22). The summed E-state index contributed by atoms with van der Waals surface area (Å²) >= 11 is 6.09. The zero-order valence-electron chi connectivity index (χ0n) is 14.7. The fourth-order valence-electron chi connectivity index (χ4n) is 2.34. The molecule has 6 nitrogen and oxygen atoms in total. The average molecular weight is 397 g/mol. The number of sulfonamides is 1. The van der Waals surface area contributed by atoms with Crippen molar-refractivity contribution in [3.8, 4) is 5.75 Å². The van der Waals surface area contributed by atoms with Gasteiger partial charge in [-0.25, -0.2) is 13.1 Å². The van der Waals surface area contributed by atoms with E-state index in [4.69, 9.17) is 16.3 Å². The van der Waals surface area contributed by atoms with Crippen molar-refractivity contribution in [1.82, 2.24) is 10.0 Å². The number of halogens is 1. The molecule has 0 aliphatic heterocycles. The number of para-hydroxylation sites is 1. The molecule has 0 saturated heterocycles. The van der Waals surface area contributed by atoms with Crippen LogP contribution in [0.3, 0.4) is 0 Å². The van der Waals surface area contributed by atoms with Gasteiger partial charge in [0.15, 0.2) is 0 Å². The van der Waals surface area contributed by atoms with Crippen molar-refractivity contribution in [3.63, 3.8) is 0 Å². The van der Waals surface area contributed by atoms with Gasteiger partial charge < -0.3 is 10.1 Å². The van der Waals surface area contributed by atoms with Gasteiger partial charge >= 0.3 is 0 Å². The molecule has 0 spiro atoms. The minimum atomic E-state index is -3.72. The molecular weight excluding hydrogens is 376 g/mol. The predicted octanol–water partition coefficient (Wildman–Crippen LogP) is 2.97. The minimum Gasteiger partial charge on any atom is -0.496 e. The van der Waals surface area contributed by atoms with Crippen LogP contribution in [0, 0.1) is 0 Å². The van der Waals surface area contributed by atoms with Gasteiger partial charge in [-0.1, -0.05) is 29.8 Å². The second kappa shape index (κ2) is 8.53. The minimum absolute atomic E-state index is 0.0157. The van der Waals surface area contributed by atoms with E-state index in [-0.39, 0.29) is 28.1 Å². The number of hydrogen-bond donors (Lipinski definition) is 2. The van der Waals surface area contributed by atoms with Crippen LogP contribution in [0.1, 0.15) is 29.8 Å². The molecule has 0 saturated carbocycles. The molecule has 0 bridgehead atoms. The smallest absolute Gasteiger partial charge is 0.253 e. The predicted molar refractivity (Wildman–Crippen MR) is 101 cm³/mol. The summed E-state index contributed by atoms with van der Waals surface area (Å²) in [4.78, 5) is 12.5. The molecule has 0 fully saturated rings. The van der Waals surface area contributed by atoms with E-state index in [1.54, 1.807) is 27.0 Å². The number of carbonyl (C=O) groups excluding carboxylic acids is 1. The first-order valence-corrected chi connectivity index (χ1v) is 9.82. The second-order valence-electron chi connectivity index (χ2n) is 5.91. The highest BCUT2D eigenvalue weighted by Gasteiger charge is 2.19. The third kappa shape index (κ3) is 4.97. The molecule has 2 rings (SSSR count). The van der Waals surface area contributed by atoms with Crippen LogP contribution in [0.25, 0.3) is 0 Å². The quantitative estimate of drug-likeness (QED) is 0.753. The van der Waals surface area contributed by atoms with E-state index in [0.29, 0.717) is 5.75 Å². The van der Waals surface area contributed by atoms with Crippen LogP contribution in [-0.2, 0) is 16.6 Å². The average Bonchev–Trinajstić information content (AvgIpc) is 2.59. The van der Waals surface area contributed by atoms with Gasteiger partial charge in [0.1, 0.15) is 5.75 Å². The summed E-state index contributed by atoms with van der Waals surface area (Å²) in [5, 5.41) is 2.90. The summed E-state index contributed by atoms with van der Waals surface area (Å²) in [6.07, 6.45) is 0. The molecule has 1 amide bonds. The molecule has 8 heteroatoms. The lowest BCUT2D eigenvalue weighted by Gasteiger charge is -2.13. The van der Waals surface area contributed by atoms with Gasteiger partial charge in [0.25, 0.3) is 5.91 Å². The van der Waals surface area contributed by atoms with Gasteiger partial charge in [0.05, 0.1) is 22.6 Å². The number of rotatable bonds is 7. The van der Waals surface area contributed by atoms with E-state index in [2.05, 4.69) is 10.0 Å². The van der Waals surface area contributed by atoms with Crippen LogP contribution in [0.15, 0.2) is 47.4 Å². The van der Waals surface area contributed by atoms with Crippen molar-refractivity contribution < 1.29 is 17.9 Å². The molecule has 0 aliphatic rings. The molecule has 0 atom stereocenters. The fraction of sp³-hybridized carbons (Fsp3) is 0.278. The van der Waals surface area contributed by atoms with E-state index in [0.717, 1.165) is 5.56 Å². The number of carbonyl (C=O) groups is 1. The molecule has 2 aromatic carbocycles. The van der Waals surface area contributed by atoms with Gasteiger partial charge in [0, 0.05) is 18.2 Å². The van der Waals surface area contributed by atoms with E-state index in [9.17, 15) is 13.2 Å². The first-order valence-electron chi connectivity index (χ1n) is 7.96. The van der Waals surface area contributed by atoms with E-state index in [1.807, 2.05) is 18.2 Å². The van der Waals surface area contributed by atoms with Crippen molar-refractivity contribution in [2.24, 2.45) is 0 Å². The molecule has 0 heterocycles. The summed E-state index contributed by atoms with van der Waals surface area (Å²) < 4.78 is 32.3. The molecule has 0 unspecified atom stereocenters. The van der Waals surface area contributed by atoms with Gasteiger partial charge in [-0.2, -0.15) is 0 Å². The lowest BCUT2D eigenvalue weighted by atomic mass is 10.1. The van der Waals surface area contributed by atoms with Gasteiger partial charge in [-0.3, -0.25) is 4.79 Å². The van der Waals surface area contributed by atoms with Gasteiger partial charge in [-0.05, 0) is 38.1 Å². The Morgan fingerprint density at radius 2 is 1.88 bits per heavy atom. The number of ether oxygens (including phenoxy) is 1. The first kappa shape index (κ1) is 20.2. The SMILES string of the molecule is COc1ccccc1CNC(=O)c1cc(S(=O)(=O)NC(C)C)ccc1Cl. The maximum Gasteiger partial charge on any atom is 0.253 e. The van der Waals surface area contributed by atoms with Crippen molar-refractivity contribution >= 4 is 27.5 Å². The highest BCUT2D eigenvalue weighted by atomic mass is 35.5. The Kier molecular flexibility index (Phi) is 6.63.